The van der Waals surface area contributed by atoms with Gasteiger partial charge >= 0.3 is 0 Å². The molecule has 2 saturated heterocycles. The first-order valence-corrected chi connectivity index (χ1v) is 8.53. The molecule has 0 aliphatic carbocycles. The fourth-order valence-corrected chi connectivity index (χ4v) is 3.52. The van der Waals surface area contributed by atoms with Gasteiger partial charge in [0.1, 0.15) is 6.29 Å². The predicted molar refractivity (Wildman–Crippen MR) is 89.1 cm³/mol. The molecule has 1 aromatic rings. The smallest absolute Gasteiger partial charge is 0.150 e. The molecule has 2 heterocycles. The van der Waals surface area contributed by atoms with Crippen LogP contribution in [0.5, 0.6) is 0 Å². The van der Waals surface area contributed by atoms with Crippen molar-refractivity contribution in [2.24, 2.45) is 5.92 Å². The number of carbonyl (C=O) groups is 1. The molecule has 120 valence electrons. The number of nitrogens with one attached hydrogen (secondary N) is 1. The van der Waals surface area contributed by atoms with E-state index < -0.39 is 0 Å². The molecule has 1 aromatic carbocycles. The Kier molecular flexibility index (Phi) is 5.59. The molecule has 0 spiro atoms. The molecule has 0 saturated carbocycles. The van der Waals surface area contributed by atoms with Gasteiger partial charge in [0.2, 0.25) is 0 Å². The zero-order valence-electron chi connectivity index (χ0n) is 13.3. The molecule has 0 radical (unpaired) electrons. The lowest BCUT2D eigenvalue weighted by molar-refractivity contribution is 0.107. The molecule has 2 fully saturated rings. The van der Waals surface area contributed by atoms with E-state index in [0.717, 1.165) is 37.4 Å². The van der Waals surface area contributed by atoms with E-state index in [1.165, 1.54) is 51.1 Å². The number of aldehydes is 1. The summed E-state index contributed by atoms with van der Waals surface area (Å²) in [4.78, 5) is 15.9. The quantitative estimate of drug-likeness (QED) is 0.838. The molecule has 3 rings (SSSR count). The molecular formula is C18H27N3O. The third kappa shape index (κ3) is 4.38. The number of nitrogens with zero attached hydrogens (tertiary/aromatic N) is 2. The van der Waals surface area contributed by atoms with Gasteiger partial charge in [0.25, 0.3) is 0 Å². The third-order valence-corrected chi connectivity index (χ3v) is 4.96. The van der Waals surface area contributed by atoms with Crippen molar-refractivity contribution in [3.05, 3.63) is 35.4 Å². The van der Waals surface area contributed by atoms with Gasteiger partial charge in [-0.05, 0) is 37.4 Å². The van der Waals surface area contributed by atoms with Crippen molar-refractivity contribution in [1.82, 2.24) is 15.1 Å². The number of rotatable bonds is 5. The highest BCUT2D eigenvalue weighted by Crippen LogP contribution is 2.15. The summed E-state index contributed by atoms with van der Waals surface area (Å²) in [6.45, 7) is 9.36. The first-order chi connectivity index (χ1) is 10.8. The maximum atomic E-state index is 10.7. The van der Waals surface area contributed by atoms with Gasteiger partial charge in [-0.1, -0.05) is 24.3 Å². The minimum Gasteiger partial charge on any atom is -0.317 e. The normalized spacial score (nSPS) is 21.8. The van der Waals surface area contributed by atoms with Crippen LogP contribution in [0.1, 0.15) is 28.8 Å². The van der Waals surface area contributed by atoms with Crippen LogP contribution in [0.2, 0.25) is 0 Å². The first-order valence-electron chi connectivity index (χ1n) is 8.53. The van der Waals surface area contributed by atoms with E-state index in [1.807, 2.05) is 12.1 Å². The van der Waals surface area contributed by atoms with E-state index in [9.17, 15) is 4.79 Å². The van der Waals surface area contributed by atoms with E-state index >= 15 is 0 Å². The summed E-state index contributed by atoms with van der Waals surface area (Å²) in [5.74, 6) is 0.892. The highest BCUT2D eigenvalue weighted by molar-refractivity contribution is 5.74. The molecule has 22 heavy (non-hydrogen) atoms. The van der Waals surface area contributed by atoms with Crippen LogP contribution in [0.3, 0.4) is 0 Å². The summed E-state index contributed by atoms with van der Waals surface area (Å²) in [5, 5.41) is 3.45. The number of piperidine rings is 1. The molecule has 2 aliphatic rings. The monoisotopic (exact) mass is 301 g/mol. The van der Waals surface area contributed by atoms with Gasteiger partial charge in [-0.15, -0.1) is 0 Å². The van der Waals surface area contributed by atoms with Crippen LogP contribution < -0.4 is 5.32 Å². The summed E-state index contributed by atoms with van der Waals surface area (Å²) in [6.07, 6.45) is 3.58. The summed E-state index contributed by atoms with van der Waals surface area (Å²) < 4.78 is 0. The molecule has 0 atom stereocenters. The van der Waals surface area contributed by atoms with E-state index in [-0.39, 0.29) is 0 Å². The van der Waals surface area contributed by atoms with Crippen molar-refractivity contribution >= 4 is 6.29 Å². The Balaban J connectivity index is 1.41. The van der Waals surface area contributed by atoms with E-state index in [2.05, 4.69) is 27.2 Å². The standard InChI is InChI=1S/C18H27N3O/c22-15-18-3-1-16(2-4-18)13-20-9-11-21(12-10-20)14-17-5-7-19-8-6-17/h1-4,15,17,19H,5-14H2. The van der Waals surface area contributed by atoms with Crippen LogP contribution in [0, 0.1) is 5.92 Å². The number of hydrogen-bond acceptors (Lipinski definition) is 4. The summed E-state index contributed by atoms with van der Waals surface area (Å²) in [7, 11) is 0. The maximum absolute atomic E-state index is 10.7. The SMILES string of the molecule is O=Cc1ccc(CN2CCN(CC3CCNCC3)CC2)cc1. The van der Waals surface area contributed by atoms with Crippen LogP contribution in [0.25, 0.3) is 0 Å². The molecule has 0 aromatic heterocycles. The summed E-state index contributed by atoms with van der Waals surface area (Å²) in [6, 6.07) is 7.97. The zero-order chi connectivity index (χ0) is 15.2. The van der Waals surface area contributed by atoms with Crippen LogP contribution in [-0.2, 0) is 6.54 Å². The van der Waals surface area contributed by atoms with Crippen LogP contribution in [0.4, 0.5) is 0 Å². The average molecular weight is 301 g/mol. The van der Waals surface area contributed by atoms with E-state index in [0.29, 0.717) is 0 Å². The number of piperazine rings is 1. The minimum absolute atomic E-state index is 0.760. The van der Waals surface area contributed by atoms with E-state index in [1.54, 1.807) is 0 Å². The number of hydrogen-bond donors (Lipinski definition) is 1. The van der Waals surface area contributed by atoms with Gasteiger partial charge in [0.05, 0.1) is 0 Å². The molecule has 0 bridgehead atoms. The molecule has 4 nitrogen and oxygen atoms in total. The van der Waals surface area contributed by atoms with Gasteiger partial charge in [0.15, 0.2) is 0 Å². The lowest BCUT2D eigenvalue weighted by Gasteiger charge is -2.37. The largest absolute Gasteiger partial charge is 0.317 e. The zero-order valence-corrected chi connectivity index (χ0v) is 13.3. The summed E-state index contributed by atoms with van der Waals surface area (Å²) >= 11 is 0. The second-order valence-corrected chi connectivity index (χ2v) is 6.63. The molecule has 2 aliphatic heterocycles. The Hall–Kier alpha value is -1.23. The lowest BCUT2D eigenvalue weighted by Crippen LogP contribution is -2.48. The second-order valence-electron chi connectivity index (χ2n) is 6.63. The van der Waals surface area contributed by atoms with Crippen molar-refractivity contribution < 1.29 is 4.79 Å². The fraction of sp³-hybridized carbons (Fsp3) is 0.611. The fourth-order valence-electron chi connectivity index (χ4n) is 3.52. The highest BCUT2D eigenvalue weighted by atomic mass is 16.1. The molecule has 0 unspecified atom stereocenters. The van der Waals surface area contributed by atoms with Gasteiger partial charge in [-0.2, -0.15) is 0 Å². The van der Waals surface area contributed by atoms with E-state index in [4.69, 9.17) is 0 Å². The van der Waals surface area contributed by atoms with Gasteiger partial charge < -0.3 is 10.2 Å². The van der Waals surface area contributed by atoms with Gasteiger partial charge in [0, 0.05) is 44.8 Å². The average Bonchev–Trinajstić information content (AvgIpc) is 2.58. The van der Waals surface area contributed by atoms with Crippen LogP contribution in [-0.4, -0.2) is 61.9 Å². The molecular weight excluding hydrogens is 274 g/mol. The second kappa shape index (κ2) is 7.86. The lowest BCUT2D eigenvalue weighted by atomic mass is 9.97. The highest BCUT2D eigenvalue weighted by Gasteiger charge is 2.21. The first kappa shape index (κ1) is 15.7. The van der Waals surface area contributed by atoms with Crippen molar-refractivity contribution in [2.75, 3.05) is 45.8 Å². The summed E-state index contributed by atoms with van der Waals surface area (Å²) in [5.41, 5.74) is 2.06. The number of benzene rings is 1. The minimum atomic E-state index is 0.760. The third-order valence-electron chi connectivity index (χ3n) is 4.96. The number of carbonyl (C=O) groups excluding carboxylic acids is 1. The Morgan fingerprint density at radius 3 is 2.27 bits per heavy atom. The predicted octanol–water partition coefficient (Wildman–Crippen LogP) is 1.62. The van der Waals surface area contributed by atoms with Crippen molar-refractivity contribution in [3.63, 3.8) is 0 Å². The molecule has 4 heteroatoms. The maximum Gasteiger partial charge on any atom is 0.150 e. The Morgan fingerprint density at radius 1 is 1.00 bits per heavy atom. The van der Waals surface area contributed by atoms with Crippen LogP contribution >= 0.6 is 0 Å². The van der Waals surface area contributed by atoms with Crippen molar-refractivity contribution in [1.29, 1.82) is 0 Å². The van der Waals surface area contributed by atoms with Crippen LogP contribution in [0.15, 0.2) is 24.3 Å². The van der Waals surface area contributed by atoms with Crippen molar-refractivity contribution in [3.8, 4) is 0 Å². The van der Waals surface area contributed by atoms with Gasteiger partial charge in [-0.25, -0.2) is 0 Å². The molecule has 1 N–H and O–H groups in total. The topological polar surface area (TPSA) is 35.6 Å². The Labute approximate surface area is 133 Å². The molecule has 0 amide bonds. The Morgan fingerprint density at radius 2 is 1.64 bits per heavy atom. The van der Waals surface area contributed by atoms with Gasteiger partial charge in [-0.3, -0.25) is 9.69 Å². The van der Waals surface area contributed by atoms with Crippen molar-refractivity contribution in [2.45, 2.75) is 19.4 Å². The Bertz CT molecular complexity index is 460.